The van der Waals surface area contributed by atoms with E-state index in [2.05, 4.69) is 5.32 Å². The third-order valence-electron chi connectivity index (χ3n) is 2.30. The fourth-order valence-electron chi connectivity index (χ4n) is 1.51. The van der Waals surface area contributed by atoms with Crippen molar-refractivity contribution >= 4 is 5.97 Å². The van der Waals surface area contributed by atoms with Crippen LogP contribution in [-0.2, 0) is 9.53 Å². The largest absolute Gasteiger partial charge is 0.508 e. The number of phenols is 1. The maximum absolute atomic E-state index is 11.3. The maximum atomic E-state index is 11.3. The number of ether oxygens (including phenoxy) is 1. The molecule has 0 heterocycles. The van der Waals surface area contributed by atoms with Crippen LogP contribution in [0.25, 0.3) is 0 Å². The van der Waals surface area contributed by atoms with Crippen molar-refractivity contribution in [3.05, 3.63) is 29.8 Å². The highest BCUT2D eigenvalue weighted by Gasteiger charge is 2.15. The molecule has 88 valence electrons. The van der Waals surface area contributed by atoms with Crippen molar-refractivity contribution in [1.82, 2.24) is 5.32 Å². The summed E-state index contributed by atoms with van der Waals surface area (Å²) < 4.78 is 4.88. The summed E-state index contributed by atoms with van der Waals surface area (Å²) in [6.45, 7) is 2.16. The van der Waals surface area contributed by atoms with Crippen LogP contribution >= 0.6 is 0 Å². The lowest BCUT2D eigenvalue weighted by atomic mass is 10.0. The summed E-state index contributed by atoms with van der Waals surface area (Å²) in [6, 6.07) is 6.72. The van der Waals surface area contributed by atoms with Gasteiger partial charge in [0.15, 0.2) is 0 Å². The Morgan fingerprint density at radius 1 is 1.56 bits per heavy atom. The Morgan fingerprint density at radius 3 is 2.88 bits per heavy atom. The van der Waals surface area contributed by atoms with Crippen molar-refractivity contribution in [3.63, 3.8) is 0 Å². The molecule has 16 heavy (non-hydrogen) atoms. The smallest absolute Gasteiger partial charge is 0.307 e. The van der Waals surface area contributed by atoms with Crippen LogP contribution < -0.4 is 5.32 Å². The Bertz CT molecular complexity index is 352. The Labute approximate surface area is 95.2 Å². The van der Waals surface area contributed by atoms with Crippen molar-refractivity contribution in [2.45, 2.75) is 19.4 Å². The lowest BCUT2D eigenvalue weighted by molar-refractivity contribution is -0.143. The molecule has 1 aromatic carbocycles. The first kappa shape index (κ1) is 12.5. The third-order valence-corrected chi connectivity index (χ3v) is 2.30. The Hall–Kier alpha value is -1.55. The van der Waals surface area contributed by atoms with Crippen LogP contribution in [0.15, 0.2) is 24.3 Å². The molecule has 0 radical (unpaired) electrons. The van der Waals surface area contributed by atoms with Crippen LogP contribution in [0.3, 0.4) is 0 Å². The number of phenolic OH excluding ortho intramolecular Hbond substituents is 1. The number of hydrogen-bond donors (Lipinski definition) is 2. The number of carbonyl (C=O) groups excluding carboxylic acids is 1. The topological polar surface area (TPSA) is 58.6 Å². The van der Waals surface area contributed by atoms with Gasteiger partial charge in [-0.1, -0.05) is 12.1 Å². The minimum Gasteiger partial charge on any atom is -0.508 e. The van der Waals surface area contributed by atoms with Crippen molar-refractivity contribution < 1.29 is 14.6 Å². The minimum atomic E-state index is -0.245. The molecule has 2 N–H and O–H groups in total. The molecule has 0 fully saturated rings. The molecule has 0 bridgehead atoms. The summed E-state index contributed by atoms with van der Waals surface area (Å²) in [4.78, 5) is 11.3. The molecule has 0 saturated heterocycles. The molecule has 0 saturated carbocycles. The second-order valence-corrected chi connectivity index (χ2v) is 3.45. The fraction of sp³-hybridized carbons (Fsp3) is 0.417. The normalized spacial score (nSPS) is 12.1. The number of rotatable bonds is 5. The van der Waals surface area contributed by atoms with E-state index in [0.29, 0.717) is 6.61 Å². The molecule has 4 heteroatoms. The van der Waals surface area contributed by atoms with Gasteiger partial charge in [-0.2, -0.15) is 0 Å². The van der Waals surface area contributed by atoms with E-state index in [9.17, 15) is 9.90 Å². The van der Waals surface area contributed by atoms with Crippen LogP contribution in [0, 0.1) is 0 Å². The van der Waals surface area contributed by atoms with E-state index in [1.165, 1.54) is 0 Å². The summed E-state index contributed by atoms with van der Waals surface area (Å²) in [5.74, 6) is -0.0493. The van der Waals surface area contributed by atoms with Gasteiger partial charge in [0.25, 0.3) is 0 Å². The van der Waals surface area contributed by atoms with Crippen LogP contribution in [0.1, 0.15) is 24.9 Å². The molecule has 0 aliphatic heterocycles. The highest BCUT2D eigenvalue weighted by atomic mass is 16.5. The van der Waals surface area contributed by atoms with E-state index in [1.54, 1.807) is 32.2 Å². The van der Waals surface area contributed by atoms with Gasteiger partial charge in [-0.05, 0) is 31.7 Å². The summed E-state index contributed by atoms with van der Waals surface area (Å²) in [7, 11) is 1.77. The monoisotopic (exact) mass is 223 g/mol. The third kappa shape index (κ3) is 3.55. The van der Waals surface area contributed by atoms with Gasteiger partial charge in [-0.25, -0.2) is 0 Å². The molecule has 0 aromatic heterocycles. The SMILES string of the molecule is CCOC(=O)CC(NC)c1cccc(O)c1. The van der Waals surface area contributed by atoms with Crippen molar-refractivity contribution in [3.8, 4) is 5.75 Å². The highest BCUT2D eigenvalue weighted by molar-refractivity contribution is 5.70. The number of aromatic hydroxyl groups is 1. The number of hydrogen-bond acceptors (Lipinski definition) is 4. The number of nitrogens with one attached hydrogen (secondary N) is 1. The molecule has 4 nitrogen and oxygen atoms in total. The zero-order chi connectivity index (χ0) is 12.0. The van der Waals surface area contributed by atoms with Gasteiger partial charge >= 0.3 is 5.97 Å². The molecule has 0 spiro atoms. The second-order valence-electron chi connectivity index (χ2n) is 3.45. The second kappa shape index (κ2) is 6.12. The molecule has 0 amide bonds. The number of esters is 1. The summed E-state index contributed by atoms with van der Waals surface area (Å²) in [6.07, 6.45) is 0.258. The minimum absolute atomic E-state index is 0.133. The predicted molar refractivity (Wildman–Crippen MR) is 61.2 cm³/mol. The average Bonchev–Trinajstić information content (AvgIpc) is 2.26. The van der Waals surface area contributed by atoms with Crippen LogP contribution in [0.2, 0.25) is 0 Å². The number of benzene rings is 1. The van der Waals surface area contributed by atoms with Crippen molar-refractivity contribution in [1.29, 1.82) is 0 Å². The van der Waals surface area contributed by atoms with Crippen LogP contribution in [0.5, 0.6) is 5.75 Å². The highest BCUT2D eigenvalue weighted by Crippen LogP contribution is 2.20. The van der Waals surface area contributed by atoms with Gasteiger partial charge in [-0.15, -0.1) is 0 Å². The zero-order valence-electron chi connectivity index (χ0n) is 9.56. The quantitative estimate of drug-likeness (QED) is 0.744. The lowest BCUT2D eigenvalue weighted by Gasteiger charge is -2.15. The molecular weight excluding hydrogens is 206 g/mol. The van der Waals surface area contributed by atoms with Gasteiger partial charge in [0.2, 0.25) is 0 Å². The van der Waals surface area contributed by atoms with E-state index >= 15 is 0 Å². The maximum Gasteiger partial charge on any atom is 0.307 e. The van der Waals surface area contributed by atoms with E-state index in [0.717, 1.165) is 5.56 Å². The molecular formula is C12H17NO3. The summed E-state index contributed by atoms with van der Waals surface area (Å²) in [5, 5.41) is 12.4. The lowest BCUT2D eigenvalue weighted by Crippen LogP contribution is -2.21. The first-order chi connectivity index (χ1) is 7.67. The Morgan fingerprint density at radius 2 is 2.31 bits per heavy atom. The summed E-state index contributed by atoms with van der Waals surface area (Å²) >= 11 is 0. The molecule has 1 unspecified atom stereocenters. The number of carbonyl (C=O) groups is 1. The van der Waals surface area contributed by atoms with E-state index < -0.39 is 0 Å². The van der Waals surface area contributed by atoms with E-state index in [1.807, 2.05) is 6.07 Å². The van der Waals surface area contributed by atoms with Gasteiger partial charge in [0.1, 0.15) is 5.75 Å². The van der Waals surface area contributed by atoms with E-state index in [-0.39, 0.29) is 24.2 Å². The van der Waals surface area contributed by atoms with Gasteiger partial charge in [0, 0.05) is 6.04 Å². The predicted octanol–water partition coefficient (Wildman–Crippen LogP) is 1.61. The first-order valence-corrected chi connectivity index (χ1v) is 5.29. The van der Waals surface area contributed by atoms with Crippen LogP contribution in [0.4, 0.5) is 0 Å². The summed E-state index contributed by atoms with van der Waals surface area (Å²) in [5.41, 5.74) is 0.871. The Kier molecular flexibility index (Phi) is 4.79. The molecule has 1 atom stereocenters. The van der Waals surface area contributed by atoms with Gasteiger partial charge in [-0.3, -0.25) is 4.79 Å². The fourth-order valence-corrected chi connectivity index (χ4v) is 1.51. The molecule has 0 aliphatic carbocycles. The average molecular weight is 223 g/mol. The first-order valence-electron chi connectivity index (χ1n) is 5.29. The van der Waals surface area contributed by atoms with Gasteiger partial charge < -0.3 is 15.2 Å². The Balaban J connectivity index is 2.70. The van der Waals surface area contributed by atoms with Gasteiger partial charge in [0.05, 0.1) is 13.0 Å². The van der Waals surface area contributed by atoms with Crippen LogP contribution in [-0.4, -0.2) is 24.7 Å². The molecule has 0 aliphatic rings. The standard InChI is InChI=1S/C12H17NO3/c1-3-16-12(15)8-11(13-2)9-5-4-6-10(14)7-9/h4-7,11,13-14H,3,8H2,1-2H3. The molecule has 1 aromatic rings. The van der Waals surface area contributed by atoms with E-state index in [4.69, 9.17) is 4.74 Å². The molecule has 1 rings (SSSR count). The van der Waals surface area contributed by atoms with Crippen molar-refractivity contribution in [2.24, 2.45) is 0 Å². The zero-order valence-corrected chi connectivity index (χ0v) is 9.56. The van der Waals surface area contributed by atoms with Crippen molar-refractivity contribution in [2.75, 3.05) is 13.7 Å².